The van der Waals surface area contributed by atoms with Gasteiger partial charge in [0.2, 0.25) is 5.75 Å². The molecule has 0 aromatic heterocycles. The number of ketones is 1. The Morgan fingerprint density at radius 1 is 1.50 bits per heavy atom. The first kappa shape index (κ1) is 11.8. The van der Waals surface area contributed by atoms with E-state index in [1.165, 1.54) is 20.1 Å². The normalized spacial score (nSPS) is 9.62. The topological polar surface area (TPSA) is 86.5 Å². The zero-order valence-electron chi connectivity index (χ0n) is 8.72. The summed E-state index contributed by atoms with van der Waals surface area (Å²) in [5.74, 6) is -0.634. The molecule has 84 valence electrons. The lowest BCUT2D eigenvalue weighted by molar-refractivity contribution is -0.385. The average molecular weight is 223 g/mol. The monoisotopic (exact) mass is 223 g/mol. The lowest BCUT2D eigenvalue weighted by atomic mass is 10.0. The summed E-state index contributed by atoms with van der Waals surface area (Å²) in [7, 11) is 1.21. The molecule has 0 bridgehead atoms. The maximum Gasteiger partial charge on any atom is 0.311 e. The first-order valence-electron chi connectivity index (χ1n) is 4.34. The van der Waals surface area contributed by atoms with Crippen LogP contribution in [0, 0.1) is 10.1 Å². The molecule has 0 aliphatic rings. The molecule has 0 heterocycles. The van der Waals surface area contributed by atoms with Crippen LogP contribution in [0.1, 0.15) is 27.6 Å². The van der Waals surface area contributed by atoms with Crippen molar-refractivity contribution in [1.29, 1.82) is 0 Å². The van der Waals surface area contributed by atoms with Crippen LogP contribution >= 0.6 is 0 Å². The molecular formula is C10H9NO5. The number of hydrogen-bond acceptors (Lipinski definition) is 5. The number of Topliss-reactive ketones (excluding diaryl/α,β-unsaturated/α-hetero) is 1. The minimum Gasteiger partial charge on any atom is -0.490 e. The van der Waals surface area contributed by atoms with Crippen molar-refractivity contribution >= 4 is 17.8 Å². The summed E-state index contributed by atoms with van der Waals surface area (Å²) in [5, 5.41) is 10.7. The fourth-order valence-corrected chi connectivity index (χ4v) is 1.40. The number of hydrogen-bond donors (Lipinski definition) is 0. The van der Waals surface area contributed by atoms with Crippen molar-refractivity contribution in [2.24, 2.45) is 0 Å². The summed E-state index contributed by atoms with van der Waals surface area (Å²) in [6.07, 6.45) is 0.461. The fourth-order valence-electron chi connectivity index (χ4n) is 1.40. The molecule has 0 aliphatic heterocycles. The second kappa shape index (κ2) is 4.52. The van der Waals surface area contributed by atoms with Gasteiger partial charge in [-0.15, -0.1) is 0 Å². The molecule has 0 saturated carbocycles. The summed E-state index contributed by atoms with van der Waals surface area (Å²) in [6.45, 7) is 1.22. The van der Waals surface area contributed by atoms with Crippen LogP contribution in [-0.4, -0.2) is 24.1 Å². The summed E-state index contributed by atoms with van der Waals surface area (Å²) >= 11 is 0. The minimum absolute atomic E-state index is 0.0632. The molecule has 1 rings (SSSR count). The predicted octanol–water partition coefficient (Wildman–Crippen LogP) is 1.62. The minimum atomic E-state index is -0.667. The van der Waals surface area contributed by atoms with Crippen LogP contribution in [0.2, 0.25) is 0 Å². The van der Waals surface area contributed by atoms with Crippen LogP contribution in [0.3, 0.4) is 0 Å². The lowest BCUT2D eigenvalue weighted by Crippen LogP contribution is -2.05. The fraction of sp³-hybridized carbons (Fsp3) is 0.200. The molecule has 1 aromatic carbocycles. The third kappa shape index (κ3) is 1.90. The molecule has 0 radical (unpaired) electrons. The predicted molar refractivity (Wildman–Crippen MR) is 55.0 cm³/mol. The SMILES string of the molecule is COc1c([N+](=O)[O-])ccc(C=O)c1C(C)=O. The highest BCUT2D eigenvalue weighted by Gasteiger charge is 2.23. The molecule has 0 atom stereocenters. The Hall–Kier alpha value is -2.24. The molecule has 6 heteroatoms. The van der Waals surface area contributed by atoms with Crippen LogP contribution in [-0.2, 0) is 0 Å². The second-order valence-electron chi connectivity index (χ2n) is 3.01. The van der Waals surface area contributed by atoms with Crippen LogP contribution in [0.15, 0.2) is 12.1 Å². The van der Waals surface area contributed by atoms with Crippen LogP contribution < -0.4 is 4.74 Å². The zero-order valence-corrected chi connectivity index (χ0v) is 8.72. The highest BCUT2D eigenvalue weighted by Crippen LogP contribution is 2.32. The molecule has 0 N–H and O–H groups in total. The van der Waals surface area contributed by atoms with E-state index in [0.29, 0.717) is 6.29 Å². The summed E-state index contributed by atoms with van der Waals surface area (Å²) in [6, 6.07) is 2.36. The van der Waals surface area contributed by atoms with E-state index in [0.717, 1.165) is 6.07 Å². The number of ether oxygens (including phenoxy) is 1. The smallest absolute Gasteiger partial charge is 0.311 e. The summed E-state index contributed by atoms with van der Waals surface area (Å²) in [4.78, 5) is 32.0. The third-order valence-corrected chi connectivity index (χ3v) is 2.05. The number of benzene rings is 1. The van der Waals surface area contributed by atoms with Gasteiger partial charge in [0.25, 0.3) is 0 Å². The Kier molecular flexibility index (Phi) is 3.34. The standard InChI is InChI=1S/C10H9NO5/c1-6(13)9-7(5-12)3-4-8(11(14)15)10(9)16-2/h3-5H,1-2H3. The number of carbonyl (C=O) groups is 2. The molecular weight excluding hydrogens is 214 g/mol. The maximum absolute atomic E-state index is 11.3. The molecule has 0 aliphatic carbocycles. The van der Waals surface area contributed by atoms with Crippen molar-refractivity contribution in [3.8, 4) is 5.75 Å². The van der Waals surface area contributed by atoms with Crippen LogP contribution in [0.25, 0.3) is 0 Å². The Labute approximate surface area is 91.0 Å². The van der Waals surface area contributed by atoms with Crippen molar-refractivity contribution in [3.05, 3.63) is 33.4 Å². The van der Waals surface area contributed by atoms with Gasteiger partial charge < -0.3 is 4.74 Å². The van der Waals surface area contributed by atoms with Gasteiger partial charge in [0.1, 0.15) is 0 Å². The number of nitro groups is 1. The number of rotatable bonds is 4. The second-order valence-corrected chi connectivity index (χ2v) is 3.01. The van der Waals surface area contributed by atoms with E-state index in [-0.39, 0.29) is 22.6 Å². The summed E-state index contributed by atoms with van der Waals surface area (Å²) in [5.41, 5.74) is -0.319. The number of nitro benzene ring substituents is 1. The molecule has 16 heavy (non-hydrogen) atoms. The Balaban J connectivity index is 3.62. The maximum atomic E-state index is 11.3. The van der Waals surface area contributed by atoms with Crippen molar-refractivity contribution in [2.75, 3.05) is 7.11 Å². The number of aldehydes is 1. The van der Waals surface area contributed by atoms with Gasteiger partial charge in [0, 0.05) is 11.6 Å². The largest absolute Gasteiger partial charge is 0.490 e. The van der Waals surface area contributed by atoms with E-state index in [9.17, 15) is 19.7 Å². The molecule has 1 aromatic rings. The third-order valence-electron chi connectivity index (χ3n) is 2.05. The van der Waals surface area contributed by atoms with Gasteiger partial charge in [-0.3, -0.25) is 19.7 Å². The highest BCUT2D eigenvalue weighted by molar-refractivity contribution is 6.05. The van der Waals surface area contributed by atoms with Gasteiger partial charge in [-0.1, -0.05) is 0 Å². The van der Waals surface area contributed by atoms with Gasteiger partial charge in [-0.05, 0) is 13.0 Å². The van der Waals surface area contributed by atoms with Crippen molar-refractivity contribution in [2.45, 2.75) is 6.92 Å². The van der Waals surface area contributed by atoms with Gasteiger partial charge in [0.05, 0.1) is 17.6 Å². The van der Waals surface area contributed by atoms with E-state index in [1.54, 1.807) is 0 Å². The van der Waals surface area contributed by atoms with E-state index in [2.05, 4.69) is 0 Å². The Morgan fingerprint density at radius 2 is 2.12 bits per heavy atom. The molecule has 0 fully saturated rings. The van der Waals surface area contributed by atoms with Gasteiger partial charge in [-0.2, -0.15) is 0 Å². The van der Waals surface area contributed by atoms with Gasteiger partial charge in [-0.25, -0.2) is 0 Å². The molecule has 6 nitrogen and oxygen atoms in total. The van der Waals surface area contributed by atoms with E-state index in [4.69, 9.17) is 4.74 Å². The van der Waals surface area contributed by atoms with Gasteiger partial charge >= 0.3 is 5.69 Å². The first-order chi connectivity index (χ1) is 7.52. The van der Waals surface area contributed by atoms with Crippen molar-refractivity contribution < 1.29 is 19.2 Å². The Morgan fingerprint density at radius 3 is 2.50 bits per heavy atom. The molecule has 0 amide bonds. The number of methoxy groups -OCH3 is 1. The molecule has 0 unspecified atom stereocenters. The Bertz CT molecular complexity index is 467. The lowest BCUT2D eigenvalue weighted by Gasteiger charge is -2.08. The van der Waals surface area contributed by atoms with Crippen molar-refractivity contribution in [3.63, 3.8) is 0 Å². The van der Waals surface area contributed by atoms with Crippen molar-refractivity contribution in [1.82, 2.24) is 0 Å². The quantitative estimate of drug-likeness (QED) is 0.335. The van der Waals surface area contributed by atoms with E-state index >= 15 is 0 Å². The number of carbonyl (C=O) groups excluding carboxylic acids is 2. The van der Waals surface area contributed by atoms with E-state index < -0.39 is 10.7 Å². The van der Waals surface area contributed by atoms with Gasteiger partial charge in [0.15, 0.2) is 12.1 Å². The average Bonchev–Trinajstić information content (AvgIpc) is 2.26. The van der Waals surface area contributed by atoms with E-state index in [1.807, 2.05) is 0 Å². The zero-order chi connectivity index (χ0) is 12.3. The van der Waals surface area contributed by atoms with Crippen LogP contribution in [0.4, 0.5) is 5.69 Å². The van der Waals surface area contributed by atoms with Crippen LogP contribution in [0.5, 0.6) is 5.75 Å². The molecule has 0 spiro atoms. The first-order valence-corrected chi connectivity index (χ1v) is 4.34. The number of nitrogens with zero attached hydrogens (tertiary/aromatic N) is 1. The highest BCUT2D eigenvalue weighted by atomic mass is 16.6. The molecule has 0 saturated heterocycles. The summed E-state index contributed by atoms with van der Waals surface area (Å²) < 4.78 is 4.82.